The third-order valence-corrected chi connectivity index (χ3v) is 4.72. The molecule has 2 rings (SSSR count). The summed E-state index contributed by atoms with van der Waals surface area (Å²) in [5, 5.41) is 6.58. The van der Waals surface area contributed by atoms with Gasteiger partial charge in [-0.25, -0.2) is 0 Å². The molecule has 0 aromatic heterocycles. The largest absolute Gasteiger partial charge is 0.492 e. The minimum atomic E-state index is 0.123. The number of ether oxygens (including phenoxy) is 3. The second-order valence-corrected chi connectivity index (χ2v) is 8.21. The summed E-state index contributed by atoms with van der Waals surface area (Å²) < 4.78 is 16.9. The molecule has 1 aromatic rings. The van der Waals surface area contributed by atoms with Crippen LogP contribution in [-0.2, 0) is 14.9 Å². The highest BCUT2D eigenvalue weighted by Crippen LogP contribution is 2.25. The first kappa shape index (κ1) is 22.5. The topological polar surface area (TPSA) is 64.1 Å². The zero-order valence-corrected chi connectivity index (χ0v) is 17.9. The van der Waals surface area contributed by atoms with E-state index in [1.54, 1.807) is 7.05 Å². The van der Waals surface area contributed by atoms with Crippen LogP contribution in [0, 0.1) is 5.92 Å². The van der Waals surface area contributed by atoms with Crippen molar-refractivity contribution in [3.63, 3.8) is 0 Å². The maximum atomic E-state index is 5.87. The Hall–Kier alpha value is -1.79. The first-order valence-electron chi connectivity index (χ1n) is 10.3. The van der Waals surface area contributed by atoms with Crippen LogP contribution in [0.4, 0.5) is 0 Å². The smallest absolute Gasteiger partial charge is 0.191 e. The summed E-state index contributed by atoms with van der Waals surface area (Å²) in [4.78, 5) is 4.24. The lowest BCUT2D eigenvalue weighted by atomic mass is 9.87. The lowest BCUT2D eigenvalue weighted by Gasteiger charge is -2.20. The van der Waals surface area contributed by atoms with Crippen molar-refractivity contribution in [2.24, 2.45) is 10.9 Å². The highest BCUT2D eigenvalue weighted by atomic mass is 16.5. The normalized spacial score (nSPS) is 17.6. The van der Waals surface area contributed by atoms with Gasteiger partial charge in [-0.15, -0.1) is 0 Å². The molecule has 6 heteroatoms. The van der Waals surface area contributed by atoms with E-state index in [9.17, 15) is 0 Å². The molecule has 158 valence electrons. The summed E-state index contributed by atoms with van der Waals surface area (Å²) in [5.74, 6) is 2.27. The molecule has 0 amide bonds. The van der Waals surface area contributed by atoms with Crippen LogP contribution in [0.3, 0.4) is 0 Å². The average molecular weight is 392 g/mol. The van der Waals surface area contributed by atoms with Gasteiger partial charge >= 0.3 is 0 Å². The van der Waals surface area contributed by atoms with Gasteiger partial charge in [0.2, 0.25) is 0 Å². The molecule has 6 nitrogen and oxygen atoms in total. The number of guanidine groups is 1. The van der Waals surface area contributed by atoms with Crippen LogP contribution in [0.5, 0.6) is 5.75 Å². The summed E-state index contributed by atoms with van der Waals surface area (Å²) in [5.41, 5.74) is 1.40. The van der Waals surface area contributed by atoms with E-state index in [1.165, 1.54) is 5.56 Å². The van der Waals surface area contributed by atoms with E-state index in [2.05, 4.69) is 48.5 Å². The van der Waals surface area contributed by atoms with E-state index in [4.69, 9.17) is 14.2 Å². The molecule has 0 saturated carbocycles. The third kappa shape index (κ3) is 8.48. The van der Waals surface area contributed by atoms with E-state index in [-0.39, 0.29) is 5.41 Å². The van der Waals surface area contributed by atoms with Crippen LogP contribution < -0.4 is 15.4 Å². The number of hydrogen-bond acceptors (Lipinski definition) is 4. The van der Waals surface area contributed by atoms with Crippen molar-refractivity contribution >= 4 is 5.96 Å². The third-order valence-electron chi connectivity index (χ3n) is 4.72. The molecule has 1 aromatic carbocycles. The second kappa shape index (κ2) is 11.9. The molecule has 2 N–H and O–H groups in total. The first-order chi connectivity index (χ1) is 13.5. The molecular formula is C22H37N3O3. The molecule has 1 unspecified atom stereocenters. The van der Waals surface area contributed by atoms with Crippen molar-refractivity contribution in [2.75, 3.05) is 53.2 Å². The van der Waals surface area contributed by atoms with Crippen molar-refractivity contribution in [3.05, 3.63) is 29.8 Å². The highest BCUT2D eigenvalue weighted by Gasteiger charge is 2.15. The summed E-state index contributed by atoms with van der Waals surface area (Å²) >= 11 is 0. The fourth-order valence-electron chi connectivity index (χ4n) is 2.96. The van der Waals surface area contributed by atoms with Crippen molar-refractivity contribution in [3.8, 4) is 5.75 Å². The van der Waals surface area contributed by atoms with Gasteiger partial charge in [0, 0.05) is 32.7 Å². The Balaban J connectivity index is 1.54. The summed E-state index contributed by atoms with van der Waals surface area (Å²) in [6.45, 7) is 12.0. The van der Waals surface area contributed by atoms with Crippen molar-refractivity contribution in [2.45, 2.75) is 39.0 Å². The van der Waals surface area contributed by atoms with Crippen molar-refractivity contribution in [1.82, 2.24) is 10.6 Å². The Labute approximate surface area is 170 Å². The molecule has 1 aliphatic rings. The van der Waals surface area contributed by atoms with E-state index in [1.807, 2.05) is 12.1 Å². The molecule has 0 bridgehead atoms. The predicted octanol–water partition coefficient (Wildman–Crippen LogP) is 2.97. The second-order valence-electron chi connectivity index (χ2n) is 8.21. The lowest BCUT2D eigenvalue weighted by molar-refractivity contribution is 0.0888. The Morgan fingerprint density at radius 2 is 2.04 bits per heavy atom. The number of benzene rings is 1. The van der Waals surface area contributed by atoms with E-state index < -0.39 is 0 Å². The van der Waals surface area contributed by atoms with Crippen LogP contribution >= 0.6 is 0 Å². The van der Waals surface area contributed by atoms with E-state index >= 15 is 0 Å². The SMILES string of the molecule is CN=C(NCCCOCC1CCOC1)NCCOc1cccc(C(C)(C)C)c1. The number of aliphatic imine (C=N–C) groups is 1. The van der Waals surface area contributed by atoms with Crippen LogP contribution in [0.1, 0.15) is 39.2 Å². The van der Waals surface area contributed by atoms with E-state index in [0.717, 1.165) is 57.5 Å². The Kier molecular flexibility index (Phi) is 9.58. The molecular weight excluding hydrogens is 354 g/mol. The van der Waals surface area contributed by atoms with Crippen LogP contribution in [0.25, 0.3) is 0 Å². The molecule has 1 heterocycles. The van der Waals surface area contributed by atoms with E-state index in [0.29, 0.717) is 19.1 Å². The molecule has 1 saturated heterocycles. The summed E-state index contributed by atoms with van der Waals surface area (Å²) in [7, 11) is 1.78. The maximum absolute atomic E-state index is 5.87. The highest BCUT2D eigenvalue weighted by molar-refractivity contribution is 5.79. The monoisotopic (exact) mass is 391 g/mol. The van der Waals surface area contributed by atoms with Gasteiger partial charge in [0.25, 0.3) is 0 Å². The Morgan fingerprint density at radius 1 is 1.21 bits per heavy atom. The van der Waals surface area contributed by atoms with Gasteiger partial charge in [0.05, 0.1) is 19.8 Å². The zero-order valence-electron chi connectivity index (χ0n) is 17.9. The fourth-order valence-corrected chi connectivity index (χ4v) is 2.96. The lowest BCUT2D eigenvalue weighted by Crippen LogP contribution is -2.39. The van der Waals surface area contributed by atoms with Gasteiger partial charge in [-0.05, 0) is 36.0 Å². The Bertz CT molecular complexity index is 593. The molecule has 28 heavy (non-hydrogen) atoms. The summed E-state index contributed by atoms with van der Waals surface area (Å²) in [6.07, 6.45) is 2.07. The molecule has 1 atom stereocenters. The van der Waals surface area contributed by atoms with Crippen molar-refractivity contribution < 1.29 is 14.2 Å². The predicted molar refractivity (Wildman–Crippen MR) is 114 cm³/mol. The quantitative estimate of drug-likeness (QED) is 0.365. The van der Waals surface area contributed by atoms with Gasteiger partial charge in [-0.1, -0.05) is 32.9 Å². The fraction of sp³-hybridized carbons (Fsp3) is 0.682. The minimum Gasteiger partial charge on any atom is -0.492 e. The molecule has 1 aliphatic heterocycles. The van der Waals surface area contributed by atoms with Gasteiger partial charge in [0.15, 0.2) is 5.96 Å². The minimum absolute atomic E-state index is 0.123. The first-order valence-corrected chi connectivity index (χ1v) is 10.3. The van der Waals surface area contributed by atoms with Crippen molar-refractivity contribution in [1.29, 1.82) is 0 Å². The molecule has 0 aliphatic carbocycles. The molecule has 0 radical (unpaired) electrons. The Morgan fingerprint density at radius 3 is 2.75 bits per heavy atom. The van der Waals surface area contributed by atoms with Gasteiger partial charge in [-0.2, -0.15) is 0 Å². The van der Waals surface area contributed by atoms with Gasteiger partial charge < -0.3 is 24.8 Å². The number of nitrogens with one attached hydrogen (secondary N) is 2. The number of rotatable bonds is 10. The van der Waals surface area contributed by atoms with Crippen LogP contribution in [0.15, 0.2) is 29.3 Å². The van der Waals surface area contributed by atoms with Crippen LogP contribution in [0.2, 0.25) is 0 Å². The standard InChI is InChI=1S/C22H37N3O3/c1-22(2,3)19-7-5-8-20(15-19)28-14-11-25-21(23-4)24-10-6-12-26-16-18-9-13-27-17-18/h5,7-8,15,18H,6,9-14,16-17H2,1-4H3,(H2,23,24,25). The molecule has 0 spiro atoms. The van der Waals surface area contributed by atoms with Crippen LogP contribution in [-0.4, -0.2) is 59.1 Å². The van der Waals surface area contributed by atoms with Gasteiger partial charge in [-0.3, -0.25) is 4.99 Å². The number of nitrogens with zero attached hydrogens (tertiary/aromatic N) is 1. The maximum Gasteiger partial charge on any atom is 0.191 e. The molecule has 1 fully saturated rings. The number of hydrogen-bond donors (Lipinski definition) is 2. The zero-order chi connectivity index (χ0) is 20.2. The average Bonchev–Trinajstić information content (AvgIpc) is 3.19. The van der Waals surface area contributed by atoms with Gasteiger partial charge in [0.1, 0.15) is 12.4 Å². The summed E-state index contributed by atoms with van der Waals surface area (Å²) in [6, 6.07) is 8.30.